The molecule has 0 unspecified atom stereocenters. The quantitative estimate of drug-likeness (QED) is 0.499. The molecular formula is C20H27ClN2O3S. The Hall–Kier alpha value is -1.76. The van der Waals surface area contributed by atoms with Crippen LogP contribution < -0.4 is 4.90 Å². The predicted molar refractivity (Wildman–Crippen MR) is 112 cm³/mol. The molecular weight excluding hydrogens is 384 g/mol. The van der Waals surface area contributed by atoms with Crippen molar-refractivity contribution in [3.05, 3.63) is 64.3 Å². The van der Waals surface area contributed by atoms with E-state index >= 15 is 0 Å². The summed E-state index contributed by atoms with van der Waals surface area (Å²) < 4.78 is 33.3. The van der Waals surface area contributed by atoms with Crippen LogP contribution in [0.25, 0.3) is 0 Å². The third kappa shape index (κ3) is 5.15. The van der Waals surface area contributed by atoms with Crippen LogP contribution in [-0.4, -0.2) is 46.0 Å². The number of nitrogens with zero attached hydrogens (tertiary/aromatic N) is 2. The number of hydrogen-bond acceptors (Lipinski definition) is 4. The second kappa shape index (κ2) is 9.44. The monoisotopic (exact) mass is 410 g/mol. The van der Waals surface area contributed by atoms with E-state index in [9.17, 15) is 8.42 Å². The van der Waals surface area contributed by atoms with Crippen molar-refractivity contribution in [3.63, 3.8) is 0 Å². The lowest BCUT2D eigenvalue weighted by atomic mass is 10.2. The molecule has 1 saturated heterocycles. The number of benzene rings is 1. The molecule has 0 radical (unpaired) electrons. The summed E-state index contributed by atoms with van der Waals surface area (Å²) in [6.07, 6.45) is 3.94. The van der Waals surface area contributed by atoms with E-state index in [1.165, 1.54) is 11.4 Å². The van der Waals surface area contributed by atoms with Crippen LogP contribution in [0.4, 0.5) is 5.69 Å². The smallest absolute Gasteiger partial charge is 0.246 e. The van der Waals surface area contributed by atoms with E-state index in [0.29, 0.717) is 43.4 Å². The molecule has 0 aromatic heterocycles. The SMILES string of the molecule is C=C(/C=C(\C(=C/C)OC)S(=O)(=O)N1CCN(c2ccc(Cl)cc2)CC1)CC. The van der Waals surface area contributed by atoms with Crippen LogP contribution >= 0.6 is 11.6 Å². The van der Waals surface area contributed by atoms with Crippen molar-refractivity contribution in [1.82, 2.24) is 4.31 Å². The van der Waals surface area contributed by atoms with Gasteiger partial charge in [-0.3, -0.25) is 0 Å². The highest BCUT2D eigenvalue weighted by molar-refractivity contribution is 7.93. The first-order chi connectivity index (χ1) is 12.8. The summed E-state index contributed by atoms with van der Waals surface area (Å²) in [5, 5.41) is 0.685. The Balaban J connectivity index is 2.21. The van der Waals surface area contributed by atoms with Gasteiger partial charge in [0.15, 0.2) is 0 Å². The Kier molecular flexibility index (Phi) is 7.53. The zero-order valence-electron chi connectivity index (χ0n) is 16.1. The molecule has 148 valence electrons. The zero-order valence-corrected chi connectivity index (χ0v) is 17.7. The minimum Gasteiger partial charge on any atom is -0.496 e. The molecule has 0 amide bonds. The molecule has 0 spiro atoms. The second-order valence-electron chi connectivity index (χ2n) is 6.24. The van der Waals surface area contributed by atoms with Crippen LogP contribution in [0.2, 0.25) is 5.02 Å². The van der Waals surface area contributed by atoms with Crippen molar-refractivity contribution in [2.24, 2.45) is 0 Å². The number of halogens is 1. The zero-order chi connectivity index (χ0) is 20.0. The average molecular weight is 411 g/mol. The fourth-order valence-electron chi connectivity index (χ4n) is 2.90. The summed E-state index contributed by atoms with van der Waals surface area (Å²) in [7, 11) is -2.19. The van der Waals surface area contributed by atoms with Gasteiger partial charge in [-0.2, -0.15) is 4.31 Å². The van der Waals surface area contributed by atoms with Gasteiger partial charge in [0.05, 0.1) is 7.11 Å². The maximum absolute atomic E-state index is 13.2. The van der Waals surface area contributed by atoms with E-state index in [1.54, 1.807) is 19.1 Å². The summed E-state index contributed by atoms with van der Waals surface area (Å²) in [5.41, 5.74) is 1.78. The van der Waals surface area contributed by atoms with Gasteiger partial charge in [0.1, 0.15) is 10.7 Å². The third-order valence-corrected chi connectivity index (χ3v) is 6.73. The van der Waals surface area contributed by atoms with Crippen molar-refractivity contribution < 1.29 is 13.2 Å². The minimum absolute atomic E-state index is 0.166. The van der Waals surface area contributed by atoms with E-state index in [0.717, 1.165) is 11.3 Å². The lowest BCUT2D eigenvalue weighted by Gasteiger charge is -2.36. The summed E-state index contributed by atoms with van der Waals surface area (Å²) >= 11 is 5.94. The third-order valence-electron chi connectivity index (χ3n) is 4.56. The van der Waals surface area contributed by atoms with Crippen LogP contribution in [0.15, 0.2) is 59.2 Å². The van der Waals surface area contributed by atoms with Crippen LogP contribution in [0, 0.1) is 0 Å². The second-order valence-corrected chi connectivity index (χ2v) is 8.59. The van der Waals surface area contributed by atoms with Gasteiger partial charge in [-0.15, -0.1) is 0 Å². The number of methoxy groups -OCH3 is 1. The Morgan fingerprint density at radius 2 is 1.81 bits per heavy atom. The summed E-state index contributed by atoms with van der Waals surface area (Å²) in [5.74, 6) is 0.338. The molecule has 0 bridgehead atoms. The molecule has 7 heteroatoms. The van der Waals surface area contributed by atoms with Crippen LogP contribution in [-0.2, 0) is 14.8 Å². The Labute approximate surface area is 167 Å². The van der Waals surface area contributed by atoms with E-state index in [2.05, 4.69) is 11.5 Å². The van der Waals surface area contributed by atoms with Crippen molar-refractivity contribution in [3.8, 4) is 0 Å². The van der Waals surface area contributed by atoms with Gasteiger partial charge in [0.25, 0.3) is 0 Å². The Bertz CT molecular complexity index is 821. The van der Waals surface area contributed by atoms with E-state index < -0.39 is 10.0 Å². The fourth-order valence-corrected chi connectivity index (χ4v) is 4.72. The molecule has 1 aliphatic rings. The molecule has 1 heterocycles. The van der Waals surface area contributed by atoms with Crippen molar-refractivity contribution >= 4 is 27.3 Å². The Morgan fingerprint density at radius 1 is 1.22 bits per heavy atom. The van der Waals surface area contributed by atoms with Gasteiger partial charge < -0.3 is 9.64 Å². The summed E-state index contributed by atoms with van der Waals surface area (Å²) in [6.45, 7) is 9.65. The fraction of sp³-hybridized carbons (Fsp3) is 0.400. The molecule has 1 aromatic carbocycles. The lowest BCUT2D eigenvalue weighted by molar-refractivity contribution is 0.301. The highest BCUT2D eigenvalue weighted by Gasteiger charge is 2.32. The van der Waals surface area contributed by atoms with Crippen LogP contribution in [0.3, 0.4) is 0 Å². The molecule has 1 aliphatic heterocycles. The van der Waals surface area contributed by atoms with Crippen molar-refractivity contribution in [2.45, 2.75) is 20.3 Å². The highest BCUT2D eigenvalue weighted by atomic mass is 35.5. The molecule has 1 aromatic rings. The first kappa shape index (κ1) is 21.5. The van der Waals surface area contributed by atoms with E-state index in [1.807, 2.05) is 31.2 Å². The summed E-state index contributed by atoms with van der Waals surface area (Å²) in [4.78, 5) is 2.32. The minimum atomic E-state index is -3.67. The van der Waals surface area contributed by atoms with Gasteiger partial charge in [-0.05, 0) is 49.8 Å². The van der Waals surface area contributed by atoms with Gasteiger partial charge >= 0.3 is 0 Å². The number of sulfonamides is 1. The largest absolute Gasteiger partial charge is 0.496 e. The first-order valence-corrected chi connectivity index (χ1v) is 10.8. The van der Waals surface area contributed by atoms with E-state index in [4.69, 9.17) is 16.3 Å². The number of piperazine rings is 1. The lowest BCUT2D eigenvalue weighted by Crippen LogP contribution is -2.49. The first-order valence-electron chi connectivity index (χ1n) is 8.94. The maximum Gasteiger partial charge on any atom is 0.246 e. The van der Waals surface area contributed by atoms with Gasteiger partial charge in [-0.1, -0.05) is 30.7 Å². The average Bonchev–Trinajstić information content (AvgIpc) is 2.68. The van der Waals surface area contributed by atoms with Crippen molar-refractivity contribution in [1.29, 1.82) is 0 Å². The molecule has 0 N–H and O–H groups in total. The molecule has 2 rings (SSSR count). The molecule has 27 heavy (non-hydrogen) atoms. The van der Waals surface area contributed by atoms with Crippen LogP contribution in [0.1, 0.15) is 20.3 Å². The van der Waals surface area contributed by atoms with E-state index in [-0.39, 0.29) is 4.91 Å². The number of rotatable bonds is 7. The molecule has 5 nitrogen and oxygen atoms in total. The molecule has 1 fully saturated rings. The highest BCUT2D eigenvalue weighted by Crippen LogP contribution is 2.26. The molecule has 0 aliphatic carbocycles. The normalized spacial score (nSPS) is 17.1. The summed E-state index contributed by atoms with van der Waals surface area (Å²) in [6, 6.07) is 7.58. The van der Waals surface area contributed by atoms with Gasteiger partial charge in [-0.25, -0.2) is 8.42 Å². The van der Waals surface area contributed by atoms with Gasteiger partial charge in [0, 0.05) is 36.9 Å². The number of anilines is 1. The maximum atomic E-state index is 13.2. The predicted octanol–water partition coefficient (Wildman–Crippen LogP) is 4.19. The standard InChI is InChI=1S/C20H27ClN2O3S/c1-5-16(3)15-20(19(6-2)26-4)27(24,25)23-13-11-22(12-14-23)18-9-7-17(21)8-10-18/h6-10,15H,3,5,11-14H2,1-2,4H3/b19-6+,20-15+. The number of hydrogen-bond donors (Lipinski definition) is 0. The van der Waals surface area contributed by atoms with Crippen LogP contribution in [0.5, 0.6) is 0 Å². The van der Waals surface area contributed by atoms with Gasteiger partial charge in [0.2, 0.25) is 10.0 Å². The molecule has 0 saturated carbocycles. The van der Waals surface area contributed by atoms with Crippen molar-refractivity contribution in [2.75, 3.05) is 38.2 Å². The topological polar surface area (TPSA) is 49.9 Å². The Morgan fingerprint density at radius 3 is 2.30 bits per heavy atom. The number of ether oxygens (including phenoxy) is 1. The molecule has 0 atom stereocenters. The number of allylic oxidation sites excluding steroid dienone is 3.